The molecule has 0 aliphatic heterocycles. The molecule has 0 aliphatic rings. The second kappa shape index (κ2) is 8.15. The van der Waals surface area contributed by atoms with Gasteiger partial charge in [0, 0.05) is 23.4 Å². The van der Waals surface area contributed by atoms with Gasteiger partial charge in [0.05, 0.1) is 6.04 Å². The molecule has 0 fully saturated rings. The number of hydrogen-bond acceptors (Lipinski definition) is 4. The Morgan fingerprint density at radius 3 is 2.69 bits per heavy atom. The predicted molar refractivity (Wildman–Crippen MR) is 101 cm³/mol. The van der Waals surface area contributed by atoms with E-state index >= 15 is 0 Å². The van der Waals surface area contributed by atoms with E-state index < -0.39 is 0 Å². The van der Waals surface area contributed by atoms with Gasteiger partial charge in [-0.25, -0.2) is 0 Å². The smallest absolute Gasteiger partial charge is 0.247 e. The molecule has 134 valence electrons. The van der Waals surface area contributed by atoms with Crippen molar-refractivity contribution in [3.63, 3.8) is 0 Å². The third-order valence-electron chi connectivity index (χ3n) is 4.06. The number of amides is 1. The van der Waals surface area contributed by atoms with E-state index in [0.29, 0.717) is 23.2 Å². The number of hydrogen-bond donors (Lipinski definition) is 1. The van der Waals surface area contributed by atoms with E-state index in [1.54, 1.807) is 6.07 Å². The van der Waals surface area contributed by atoms with Gasteiger partial charge in [-0.3, -0.25) is 4.79 Å². The highest BCUT2D eigenvalue weighted by Crippen LogP contribution is 2.19. The fourth-order valence-electron chi connectivity index (χ4n) is 2.56. The normalized spacial score (nSPS) is 12.0. The molecule has 0 unspecified atom stereocenters. The zero-order chi connectivity index (χ0) is 18.5. The highest BCUT2D eigenvalue weighted by Gasteiger charge is 2.13. The molecular formula is C20H20ClN3O2. The van der Waals surface area contributed by atoms with Crippen molar-refractivity contribution in [2.45, 2.75) is 32.7 Å². The van der Waals surface area contributed by atoms with Gasteiger partial charge in [-0.05, 0) is 43.7 Å². The summed E-state index contributed by atoms with van der Waals surface area (Å²) >= 11 is 5.99. The first-order valence-electron chi connectivity index (χ1n) is 8.45. The molecule has 6 heteroatoms. The van der Waals surface area contributed by atoms with E-state index in [2.05, 4.69) is 15.5 Å². The number of carbonyl (C=O) groups excluding carboxylic acids is 1. The highest BCUT2D eigenvalue weighted by molar-refractivity contribution is 6.30. The van der Waals surface area contributed by atoms with Crippen LogP contribution in [0.4, 0.5) is 0 Å². The third kappa shape index (κ3) is 4.70. The van der Waals surface area contributed by atoms with Gasteiger partial charge in [0.1, 0.15) is 0 Å². The molecule has 1 heterocycles. The molecule has 26 heavy (non-hydrogen) atoms. The molecule has 0 bridgehead atoms. The lowest BCUT2D eigenvalue weighted by atomic mass is 10.1. The molecule has 2 aromatic carbocycles. The largest absolute Gasteiger partial charge is 0.421 e. The van der Waals surface area contributed by atoms with Crippen LogP contribution < -0.4 is 5.32 Å². The Hall–Kier alpha value is -2.66. The number of benzene rings is 2. The van der Waals surface area contributed by atoms with Gasteiger partial charge >= 0.3 is 0 Å². The van der Waals surface area contributed by atoms with Crippen LogP contribution in [0.2, 0.25) is 5.02 Å². The molecule has 1 amide bonds. The lowest BCUT2D eigenvalue weighted by Gasteiger charge is -2.14. The summed E-state index contributed by atoms with van der Waals surface area (Å²) in [4.78, 5) is 12.2. The van der Waals surface area contributed by atoms with Crippen molar-refractivity contribution in [2.24, 2.45) is 0 Å². The van der Waals surface area contributed by atoms with Gasteiger partial charge in [0.15, 0.2) is 0 Å². The fraction of sp³-hybridized carbons (Fsp3) is 0.250. The van der Waals surface area contributed by atoms with Gasteiger partial charge in [0.25, 0.3) is 0 Å². The molecule has 0 radical (unpaired) electrons. The molecule has 1 aromatic heterocycles. The van der Waals surface area contributed by atoms with E-state index in [4.69, 9.17) is 16.0 Å². The van der Waals surface area contributed by atoms with Crippen molar-refractivity contribution in [3.8, 4) is 11.5 Å². The summed E-state index contributed by atoms with van der Waals surface area (Å²) in [5.41, 5.74) is 3.00. The second-order valence-corrected chi connectivity index (χ2v) is 6.65. The minimum Gasteiger partial charge on any atom is -0.421 e. The number of aryl methyl sites for hydroxylation is 2. The summed E-state index contributed by atoms with van der Waals surface area (Å²) < 4.78 is 5.65. The van der Waals surface area contributed by atoms with Gasteiger partial charge in [0.2, 0.25) is 17.7 Å². The van der Waals surface area contributed by atoms with Gasteiger partial charge in [-0.15, -0.1) is 10.2 Å². The number of nitrogens with one attached hydrogen (secondary N) is 1. The van der Waals surface area contributed by atoms with Gasteiger partial charge in [-0.2, -0.15) is 0 Å². The molecule has 1 atom stereocenters. The summed E-state index contributed by atoms with van der Waals surface area (Å²) in [5.74, 6) is 0.839. The predicted octanol–water partition coefficient (Wildman–Crippen LogP) is 4.51. The van der Waals surface area contributed by atoms with Crippen molar-refractivity contribution < 1.29 is 9.21 Å². The molecule has 5 nitrogen and oxygen atoms in total. The average Bonchev–Trinajstić information content (AvgIpc) is 3.09. The number of aromatic nitrogens is 2. The van der Waals surface area contributed by atoms with Crippen LogP contribution in [0.3, 0.4) is 0 Å². The Kier molecular flexibility index (Phi) is 5.68. The average molecular weight is 370 g/mol. The van der Waals surface area contributed by atoms with E-state index in [1.165, 1.54) is 5.56 Å². The highest BCUT2D eigenvalue weighted by atomic mass is 35.5. The summed E-state index contributed by atoms with van der Waals surface area (Å²) in [6.07, 6.45) is 0.674. The number of rotatable bonds is 6. The topological polar surface area (TPSA) is 68.0 Å². The SMILES string of the molecule is Cc1ccc(-c2nnc(CCC(=O)N[C@H](C)c3cccc(Cl)c3)o2)cc1. The molecule has 0 spiro atoms. The van der Waals surface area contributed by atoms with Gasteiger partial charge in [-0.1, -0.05) is 41.4 Å². The number of nitrogens with zero attached hydrogens (tertiary/aromatic N) is 2. The van der Waals surface area contributed by atoms with Crippen molar-refractivity contribution in [1.29, 1.82) is 0 Å². The first-order valence-corrected chi connectivity index (χ1v) is 8.83. The van der Waals surface area contributed by atoms with E-state index in [-0.39, 0.29) is 18.4 Å². The second-order valence-electron chi connectivity index (χ2n) is 6.21. The summed E-state index contributed by atoms with van der Waals surface area (Å²) in [6.45, 7) is 3.94. The Morgan fingerprint density at radius 1 is 1.19 bits per heavy atom. The quantitative estimate of drug-likeness (QED) is 0.694. The lowest BCUT2D eigenvalue weighted by Crippen LogP contribution is -2.26. The monoisotopic (exact) mass is 369 g/mol. The zero-order valence-corrected chi connectivity index (χ0v) is 15.5. The van der Waals surface area contributed by atoms with Crippen LogP contribution >= 0.6 is 11.6 Å². The molecule has 0 saturated carbocycles. The van der Waals surface area contributed by atoms with Crippen LogP contribution in [-0.4, -0.2) is 16.1 Å². The Morgan fingerprint density at radius 2 is 1.96 bits per heavy atom. The maximum atomic E-state index is 12.2. The van der Waals surface area contributed by atoms with Crippen molar-refractivity contribution in [3.05, 3.63) is 70.6 Å². The molecule has 0 aliphatic carbocycles. The maximum Gasteiger partial charge on any atom is 0.247 e. The van der Waals surface area contributed by atoms with E-state index in [0.717, 1.165) is 11.1 Å². The molecule has 1 N–H and O–H groups in total. The van der Waals surface area contributed by atoms with Crippen LogP contribution in [0.25, 0.3) is 11.5 Å². The van der Waals surface area contributed by atoms with Crippen LogP contribution in [0.1, 0.15) is 36.4 Å². The number of halogens is 1. The van der Waals surface area contributed by atoms with Crippen molar-refractivity contribution in [2.75, 3.05) is 0 Å². The van der Waals surface area contributed by atoms with Crippen LogP contribution in [-0.2, 0) is 11.2 Å². The molecular weight excluding hydrogens is 350 g/mol. The van der Waals surface area contributed by atoms with E-state index in [1.807, 2.05) is 56.3 Å². The standard InChI is InChI=1S/C20H20ClN3O2/c1-13-6-8-15(9-7-13)20-24-23-19(26-20)11-10-18(25)22-14(2)16-4-3-5-17(21)12-16/h3-9,12,14H,10-11H2,1-2H3,(H,22,25)/t14-/m1/s1. The third-order valence-corrected chi connectivity index (χ3v) is 4.29. The van der Waals surface area contributed by atoms with E-state index in [9.17, 15) is 4.79 Å². The van der Waals surface area contributed by atoms with Crippen LogP contribution in [0.15, 0.2) is 52.9 Å². The molecule has 0 saturated heterocycles. The van der Waals surface area contributed by atoms with Crippen molar-refractivity contribution >= 4 is 17.5 Å². The minimum atomic E-state index is -0.119. The lowest BCUT2D eigenvalue weighted by molar-refractivity contribution is -0.121. The summed E-state index contributed by atoms with van der Waals surface area (Å²) in [7, 11) is 0. The van der Waals surface area contributed by atoms with Crippen LogP contribution in [0.5, 0.6) is 0 Å². The van der Waals surface area contributed by atoms with Crippen LogP contribution in [0, 0.1) is 6.92 Å². The summed E-state index contributed by atoms with van der Waals surface area (Å²) in [5, 5.41) is 11.7. The van der Waals surface area contributed by atoms with Crippen molar-refractivity contribution in [1.82, 2.24) is 15.5 Å². The Labute approximate surface area is 157 Å². The Bertz CT molecular complexity index is 890. The number of carbonyl (C=O) groups is 1. The summed E-state index contributed by atoms with van der Waals surface area (Å²) in [6, 6.07) is 15.2. The minimum absolute atomic E-state index is 0.0763. The first-order chi connectivity index (χ1) is 12.5. The molecule has 3 aromatic rings. The zero-order valence-electron chi connectivity index (χ0n) is 14.7. The Balaban J connectivity index is 1.54. The van der Waals surface area contributed by atoms with Gasteiger partial charge < -0.3 is 9.73 Å². The first kappa shape index (κ1) is 18.1. The molecule has 3 rings (SSSR count). The maximum absolute atomic E-state index is 12.2. The fourth-order valence-corrected chi connectivity index (χ4v) is 2.76.